The van der Waals surface area contributed by atoms with Gasteiger partial charge in [0.25, 0.3) is 0 Å². The fourth-order valence-corrected chi connectivity index (χ4v) is 2.69. The first-order valence-corrected chi connectivity index (χ1v) is 7.27. The van der Waals surface area contributed by atoms with Crippen LogP contribution in [-0.4, -0.2) is 24.4 Å². The van der Waals surface area contributed by atoms with Gasteiger partial charge in [0.2, 0.25) is 0 Å². The van der Waals surface area contributed by atoms with Crippen LogP contribution < -0.4 is 10.1 Å². The van der Waals surface area contributed by atoms with Crippen molar-refractivity contribution in [3.8, 4) is 5.75 Å². The molecule has 0 heterocycles. The molecule has 0 saturated heterocycles. The van der Waals surface area contributed by atoms with Gasteiger partial charge < -0.3 is 15.2 Å². The predicted octanol–water partition coefficient (Wildman–Crippen LogP) is 3.99. The smallest absolute Gasteiger partial charge is 0.404 e. The summed E-state index contributed by atoms with van der Waals surface area (Å²) in [6.45, 7) is 8.06. The van der Waals surface area contributed by atoms with Crippen LogP contribution in [0.3, 0.4) is 0 Å². The van der Waals surface area contributed by atoms with Gasteiger partial charge in [0.05, 0.1) is 7.11 Å². The number of halogens is 1. The topological polar surface area (TPSA) is 58.6 Å². The molecule has 1 amide bonds. The highest BCUT2D eigenvalue weighted by Crippen LogP contribution is 2.32. The van der Waals surface area contributed by atoms with Crippen LogP contribution in [0.1, 0.15) is 31.9 Å². The number of rotatable bonds is 4. The molecule has 1 aromatic rings. The minimum atomic E-state index is -0.999. The standard InChI is InChI=1S/C15H22BrNO3/c1-9-10(11(16)6-7-12(9)20-5)8-13(15(2,3)4)17-14(18)19/h6-7,13,17H,8H2,1-5H3,(H,18,19). The Bertz CT molecular complexity index is 495. The number of hydrogen-bond donors (Lipinski definition) is 2. The summed E-state index contributed by atoms with van der Waals surface area (Å²) in [4.78, 5) is 11.0. The highest BCUT2D eigenvalue weighted by atomic mass is 79.9. The molecule has 0 bridgehead atoms. The van der Waals surface area contributed by atoms with Gasteiger partial charge in [-0.25, -0.2) is 4.79 Å². The SMILES string of the molecule is COc1ccc(Br)c(CC(NC(=O)O)C(C)(C)C)c1C. The van der Waals surface area contributed by atoms with Gasteiger partial charge in [-0.3, -0.25) is 0 Å². The first kappa shape index (κ1) is 16.8. The number of benzene rings is 1. The Hall–Kier alpha value is -1.23. The molecule has 0 saturated carbocycles. The first-order chi connectivity index (χ1) is 9.16. The summed E-state index contributed by atoms with van der Waals surface area (Å²) in [5.74, 6) is 0.811. The van der Waals surface area contributed by atoms with E-state index in [0.29, 0.717) is 6.42 Å². The summed E-state index contributed by atoms with van der Waals surface area (Å²) in [6.07, 6.45) is -0.388. The summed E-state index contributed by atoms with van der Waals surface area (Å²) in [5, 5.41) is 11.6. The summed E-state index contributed by atoms with van der Waals surface area (Å²) in [5.41, 5.74) is 1.93. The van der Waals surface area contributed by atoms with Crippen LogP contribution in [0.5, 0.6) is 5.75 Å². The van der Waals surface area contributed by atoms with E-state index in [2.05, 4.69) is 21.2 Å². The minimum Gasteiger partial charge on any atom is -0.496 e. The zero-order chi connectivity index (χ0) is 15.5. The van der Waals surface area contributed by atoms with Gasteiger partial charge in [-0.2, -0.15) is 0 Å². The summed E-state index contributed by atoms with van der Waals surface area (Å²) < 4.78 is 6.30. The Balaban J connectivity index is 3.14. The molecular weight excluding hydrogens is 322 g/mol. The third kappa shape index (κ3) is 4.13. The Morgan fingerprint density at radius 3 is 2.50 bits per heavy atom. The normalized spacial score (nSPS) is 12.9. The highest BCUT2D eigenvalue weighted by molar-refractivity contribution is 9.10. The van der Waals surface area contributed by atoms with Crippen LogP contribution >= 0.6 is 15.9 Å². The number of carboxylic acid groups (broad SMARTS) is 1. The minimum absolute atomic E-state index is 0.173. The van der Waals surface area contributed by atoms with Crippen molar-refractivity contribution in [3.05, 3.63) is 27.7 Å². The molecule has 1 rings (SSSR count). The predicted molar refractivity (Wildman–Crippen MR) is 83.5 cm³/mol. The maximum Gasteiger partial charge on any atom is 0.404 e. The lowest BCUT2D eigenvalue weighted by atomic mass is 9.82. The van der Waals surface area contributed by atoms with Crippen molar-refractivity contribution in [3.63, 3.8) is 0 Å². The van der Waals surface area contributed by atoms with Gasteiger partial charge in [-0.1, -0.05) is 36.7 Å². The Morgan fingerprint density at radius 1 is 1.45 bits per heavy atom. The molecule has 1 atom stereocenters. The van der Waals surface area contributed by atoms with Gasteiger partial charge in [0.15, 0.2) is 0 Å². The molecular formula is C15H22BrNO3. The van der Waals surface area contributed by atoms with Crippen molar-refractivity contribution in [2.24, 2.45) is 5.41 Å². The second-order valence-electron chi connectivity index (χ2n) is 5.93. The number of hydrogen-bond acceptors (Lipinski definition) is 2. The van der Waals surface area contributed by atoms with E-state index in [1.807, 2.05) is 39.8 Å². The van der Waals surface area contributed by atoms with E-state index >= 15 is 0 Å². The lowest BCUT2D eigenvalue weighted by Gasteiger charge is -2.31. The van der Waals surface area contributed by atoms with Gasteiger partial charge in [0, 0.05) is 10.5 Å². The lowest BCUT2D eigenvalue weighted by Crippen LogP contribution is -2.44. The average Bonchev–Trinajstić information content (AvgIpc) is 2.31. The van der Waals surface area contributed by atoms with E-state index in [1.165, 1.54) is 0 Å². The van der Waals surface area contributed by atoms with Crippen LogP contribution in [0.25, 0.3) is 0 Å². The summed E-state index contributed by atoms with van der Waals surface area (Å²) in [7, 11) is 1.64. The fourth-order valence-electron chi connectivity index (χ4n) is 2.10. The molecule has 0 radical (unpaired) electrons. The van der Waals surface area contributed by atoms with Crippen LogP contribution in [0.15, 0.2) is 16.6 Å². The average molecular weight is 344 g/mol. The molecule has 4 nitrogen and oxygen atoms in total. The third-order valence-corrected chi connectivity index (χ3v) is 4.21. The van der Waals surface area contributed by atoms with E-state index in [0.717, 1.165) is 21.3 Å². The van der Waals surface area contributed by atoms with E-state index in [9.17, 15) is 4.79 Å². The molecule has 2 N–H and O–H groups in total. The molecule has 0 aliphatic carbocycles. The second-order valence-corrected chi connectivity index (χ2v) is 6.78. The van der Waals surface area contributed by atoms with Crippen molar-refractivity contribution >= 4 is 22.0 Å². The van der Waals surface area contributed by atoms with Crippen molar-refractivity contribution in [2.45, 2.75) is 40.2 Å². The van der Waals surface area contributed by atoms with E-state index in [-0.39, 0.29) is 11.5 Å². The van der Waals surface area contributed by atoms with Crippen molar-refractivity contribution in [1.82, 2.24) is 5.32 Å². The van der Waals surface area contributed by atoms with Crippen molar-refractivity contribution in [1.29, 1.82) is 0 Å². The molecule has 5 heteroatoms. The molecule has 112 valence electrons. The Labute approximate surface area is 128 Å². The fraction of sp³-hybridized carbons (Fsp3) is 0.533. The van der Waals surface area contributed by atoms with Crippen LogP contribution in [0.2, 0.25) is 0 Å². The second kappa shape index (κ2) is 6.48. The molecule has 0 aliphatic heterocycles. The maximum atomic E-state index is 11.0. The Morgan fingerprint density at radius 2 is 2.05 bits per heavy atom. The van der Waals surface area contributed by atoms with Gasteiger partial charge >= 0.3 is 6.09 Å². The quantitative estimate of drug-likeness (QED) is 0.868. The van der Waals surface area contributed by atoms with E-state index < -0.39 is 6.09 Å². The third-order valence-electron chi connectivity index (χ3n) is 3.46. The molecule has 1 unspecified atom stereocenters. The summed E-state index contributed by atoms with van der Waals surface area (Å²) in [6, 6.07) is 3.66. The molecule has 20 heavy (non-hydrogen) atoms. The van der Waals surface area contributed by atoms with Crippen LogP contribution in [0.4, 0.5) is 4.79 Å². The van der Waals surface area contributed by atoms with Crippen molar-refractivity contribution < 1.29 is 14.6 Å². The summed E-state index contributed by atoms with van der Waals surface area (Å²) >= 11 is 3.54. The lowest BCUT2D eigenvalue weighted by molar-refractivity contribution is 0.174. The molecule has 0 aromatic heterocycles. The van der Waals surface area contributed by atoms with Crippen LogP contribution in [0, 0.1) is 12.3 Å². The molecule has 0 spiro atoms. The zero-order valence-corrected chi connectivity index (χ0v) is 14.2. The van der Waals surface area contributed by atoms with Gasteiger partial charge in [-0.05, 0) is 42.0 Å². The van der Waals surface area contributed by atoms with Crippen molar-refractivity contribution in [2.75, 3.05) is 7.11 Å². The number of ether oxygens (including phenoxy) is 1. The maximum absolute atomic E-state index is 11.0. The molecule has 1 aromatic carbocycles. The number of amides is 1. The monoisotopic (exact) mass is 343 g/mol. The zero-order valence-electron chi connectivity index (χ0n) is 12.6. The largest absolute Gasteiger partial charge is 0.496 e. The van der Waals surface area contributed by atoms with Gasteiger partial charge in [0.1, 0.15) is 5.75 Å². The first-order valence-electron chi connectivity index (χ1n) is 6.48. The highest BCUT2D eigenvalue weighted by Gasteiger charge is 2.28. The molecule has 0 aliphatic rings. The Kier molecular flexibility index (Phi) is 5.45. The number of nitrogens with one attached hydrogen (secondary N) is 1. The van der Waals surface area contributed by atoms with E-state index in [4.69, 9.17) is 9.84 Å². The van der Waals surface area contributed by atoms with Crippen LogP contribution in [-0.2, 0) is 6.42 Å². The number of methoxy groups -OCH3 is 1. The van der Waals surface area contributed by atoms with Gasteiger partial charge in [-0.15, -0.1) is 0 Å². The number of carbonyl (C=O) groups is 1. The van der Waals surface area contributed by atoms with E-state index in [1.54, 1.807) is 7.11 Å². The molecule has 0 fully saturated rings.